The second kappa shape index (κ2) is 7.37. The molecule has 1 heteroatoms. The molecular formula is C12H27N. The van der Waals surface area contributed by atoms with Gasteiger partial charge in [-0.05, 0) is 25.2 Å². The average Bonchev–Trinajstić information content (AvgIpc) is 2.10. The fourth-order valence-corrected chi connectivity index (χ4v) is 1.62. The molecule has 0 bridgehead atoms. The first-order valence-electron chi connectivity index (χ1n) is 5.83. The van der Waals surface area contributed by atoms with Crippen molar-refractivity contribution in [3.05, 3.63) is 0 Å². The highest BCUT2D eigenvalue weighted by molar-refractivity contribution is 4.61. The van der Waals surface area contributed by atoms with E-state index >= 15 is 0 Å². The van der Waals surface area contributed by atoms with Crippen molar-refractivity contribution in [1.29, 1.82) is 0 Å². The first-order valence-corrected chi connectivity index (χ1v) is 5.83. The van der Waals surface area contributed by atoms with Crippen molar-refractivity contribution in [2.75, 3.05) is 0 Å². The predicted octanol–water partition coefficient (Wildman–Crippen LogP) is 3.58. The molecule has 80 valence electrons. The quantitative estimate of drug-likeness (QED) is 0.603. The number of nitrogens with two attached hydrogens (primary N) is 1. The van der Waals surface area contributed by atoms with Gasteiger partial charge in [-0.15, -0.1) is 0 Å². The number of hydrogen-bond acceptors (Lipinski definition) is 1. The van der Waals surface area contributed by atoms with Crippen molar-refractivity contribution in [2.45, 2.75) is 65.8 Å². The molecule has 0 saturated heterocycles. The Morgan fingerprint density at radius 3 is 1.92 bits per heavy atom. The maximum absolute atomic E-state index is 5.70. The van der Waals surface area contributed by atoms with Crippen LogP contribution in [0.4, 0.5) is 0 Å². The van der Waals surface area contributed by atoms with Crippen LogP contribution in [0.2, 0.25) is 0 Å². The van der Waals surface area contributed by atoms with Crippen molar-refractivity contribution in [1.82, 2.24) is 0 Å². The van der Waals surface area contributed by atoms with Crippen LogP contribution in [0, 0.1) is 11.8 Å². The second-order valence-corrected chi connectivity index (χ2v) is 4.62. The highest BCUT2D eigenvalue weighted by Gasteiger charge is 2.09. The van der Waals surface area contributed by atoms with Gasteiger partial charge in [0.1, 0.15) is 0 Å². The lowest BCUT2D eigenvalue weighted by Crippen LogP contribution is -2.14. The summed E-state index contributed by atoms with van der Waals surface area (Å²) in [5.74, 6) is 1.77. The van der Waals surface area contributed by atoms with Crippen LogP contribution in [-0.4, -0.2) is 6.04 Å². The van der Waals surface area contributed by atoms with Crippen molar-refractivity contribution in [2.24, 2.45) is 17.6 Å². The first-order chi connectivity index (χ1) is 6.07. The van der Waals surface area contributed by atoms with E-state index in [1.807, 2.05) is 0 Å². The zero-order chi connectivity index (χ0) is 10.3. The SMILES string of the molecule is CCC(C)C(C)CCCC[C@@H](C)N. The molecule has 0 saturated carbocycles. The van der Waals surface area contributed by atoms with Gasteiger partial charge in [-0.3, -0.25) is 0 Å². The predicted molar refractivity (Wildman–Crippen MR) is 60.7 cm³/mol. The molecule has 0 aliphatic rings. The Hall–Kier alpha value is -0.0400. The Labute approximate surface area is 84.1 Å². The van der Waals surface area contributed by atoms with Gasteiger partial charge < -0.3 is 5.73 Å². The highest BCUT2D eigenvalue weighted by atomic mass is 14.6. The lowest BCUT2D eigenvalue weighted by molar-refractivity contribution is 0.341. The molecule has 3 atom stereocenters. The molecule has 13 heavy (non-hydrogen) atoms. The summed E-state index contributed by atoms with van der Waals surface area (Å²) in [5, 5.41) is 0. The molecule has 2 unspecified atom stereocenters. The van der Waals surface area contributed by atoms with Crippen LogP contribution in [0.25, 0.3) is 0 Å². The fourth-order valence-electron chi connectivity index (χ4n) is 1.62. The molecular weight excluding hydrogens is 158 g/mol. The summed E-state index contributed by atoms with van der Waals surface area (Å²) in [6.07, 6.45) is 6.54. The van der Waals surface area contributed by atoms with Crippen molar-refractivity contribution < 1.29 is 0 Å². The van der Waals surface area contributed by atoms with Gasteiger partial charge >= 0.3 is 0 Å². The minimum Gasteiger partial charge on any atom is -0.328 e. The molecule has 0 spiro atoms. The normalized spacial score (nSPS) is 18.2. The first kappa shape index (κ1) is 13.0. The van der Waals surface area contributed by atoms with Gasteiger partial charge in [0, 0.05) is 6.04 Å². The molecule has 0 aromatic rings. The van der Waals surface area contributed by atoms with Crippen LogP contribution in [0.1, 0.15) is 59.8 Å². The standard InChI is InChI=1S/C12H27N/c1-5-10(2)11(3)8-6-7-9-12(4)13/h10-12H,5-9,13H2,1-4H3/t10?,11?,12-/m1/s1. The van der Waals surface area contributed by atoms with Crippen LogP contribution in [-0.2, 0) is 0 Å². The maximum atomic E-state index is 5.70. The van der Waals surface area contributed by atoms with E-state index in [0.29, 0.717) is 6.04 Å². The van der Waals surface area contributed by atoms with Crippen molar-refractivity contribution in [3.63, 3.8) is 0 Å². The van der Waals surface area contributed by atoms with Gasteiger partial charge in [0.2, 0.25) is 0 Å². The van der Waals surface area contributed by atoms with E-state index in [1.54, 1.807) is 0 Å². The number of hydrogen-bond donors (Lipinski definition) is 1. The van der Waals surface area contributed by atoms with Gasteiger partial charge in [0.05, 0.1) is 0 Å². The van der Waals surface area contributed by atoms with Crippen LogP contribution >= 0.6 is 0 Å². The monoisotopic (exact) mass is 185 g/mol. The molecule has 0 amide bonds. The van der Waals surface area contributed by atoms with Gasteiger partial charge in [-0.2, -0.15) is 0 Å². The van der Waals surface area contributed by atoms with Crippen LogP contribution in [0.3, 0.4) is 0 Å². The van der Waals surface area contributed by atoms with E-state index in [-0.39, 0.29) is 0 Å². The smallest absolute Gasteiger partial charge is 0.00104 e. The van der Waals surface area contributed by atoms with Crippen LogP contribution in [0.5, 0.6) is 0 Å². The second-order valence-electron chi connectivity index (χ2n) is 4.62. The van der Waals surface area contributed by atoms with Gasteiger partial charge in [0.25, 0.3) is 0 Å². The topological polar surface area (TPSA) is 26.0 Å². The summed E-state index contributed by atoms with van der Waals surface area (Å²) in [4.78, 5) is 0. The third-order valence-corrected chi connectivity index (χ3v) is 3.18. The summed E-state index contributed by atoms with van der Waals surface area (Å²) < 4.78 is 0. The number of unbranched alkanes of at least 4 members (excludes halogenated alkanes) is 1. The molecule has 0 radical (unpaired) electrons. The van der Waals surface area contributed by atoms with Crippen LogP contribution < -0.4 is 5.73 Å². The summed E-state index contributed by atoms with van der Waals surface area (Å²) in [6, 6.07) is 0.388. The molecule has 0 heterocycles. The Bertz CT molecular complexity index is 110. The molecule has 0 rings (SSSR count). The number of rotatable bonds is 7. The minimum atomic E-state index is 0.388. The van der Waals surface area contributed by atoms with Gasteiger partial charge in [-0.1, -0.05) is 46.5 Å². The van der Waals surface area contributed by atoms with E-state index in [1.165, 1.54) is 32.1 Å². The zero-order valence-electron chi connectivity index (χ0n) is 9.84. The molecule has 0 aliphatic carbocycles. The maximum Gasteiger partial charge on any atom is 0.00104 e. The summed E-state index contributed by atoms with van der Waals surface area (Å²) in [7, 11) is 0. The Morgan fingerprint density at radius 1 is 0.923 bits per heavy atom. The lowest BCUT2D eigenvalue weighted by Gasteiger charge is -2.18. The fraction of sp³-hybridized carbons (Fsp3) is 1.00. The largest absolute Gasteiger partial charge is 0.328 e. The van der Waals surface area contributed by atoms with E-state index in [4.69, 9.17) is 5.73 Å². The van der Waals surface area contributed by atoms with Gasteiger partial charge in [0.15, 0.2) is 0 Å². The van der Waals surface area contributed by atoms with Gasteiger partial charge in [-0.25, -0.2) is 0 Å². The van der Waals surface area contributed by atoms with E-state index in [9.17, 15) is 0 Å². The molecule has 0 aliphatic heterocycles. The third-order valence-electron chi connectivity index (χ3n) is 3.18. The van der Waals surface area contributed by atoms with Crippen LogP contribution in [0.15, 0.2) is 0 Å². The third kappa shape index (κ3) is 7.06. The highest BCUT2D eigenvalue weighted by Crippen LogP contribution is 2.20. The lowest BCUT2D eigenvalue weighted by atomic mass is 9.89. The van der Waals surface area contributed by atoms with E-state index in [0.717, 1.165) is 11.8 Å². The molecule has 2 N–H and O–H groups in total. The average molecular weight is 185 g/mol. The van der Waals surface area contributed by atoms with E-state index < -0.39 is 0 Å². The summed E-state index contributed by atoms with van der Waals surface area (Å²) in [5.41, 5.74) is 5.70. The summed E-state index contributed by atoms with van der Waals surface area (Å²) in [6.45, 7) is 9.11. The molecule has 0 aromatic heterocycles. The molecule has 0 aromatic carbocycles. The minimum absolute atomic E-state index is 0.388. The molecule has 0 fully saturated rings. The summed E-state index contributed by atoms with van der Waals surface area (Å²) >= 11 is 0. The zero-order valence-corrected chi connectivity index (χ0v) is 9.84. The Balaban J connectivity index is 3.31. The van der Waals surface area contributed by atoms with Crippen molar-refractivity contribution in [3.8, 4) is 0 Å². The molecule has 1 nitrogen and oxygen atoms in total. The van der Waals surface area contributed by atoms with Crippen molar-refractivity contribution >= 4 is 0 Å². The van der Waals surface area contributed by atoms with E-state index in [2.05, 4.69) is 27.7 Å². The Morgan fingerprint density at radius 2 is 1.46 bits per heavy atom. The Kier molecular flexibility index (Phi) is 7.35.